The van der Waals surface area contributed by atoms with Gasteiger partial charge in [0.1, 0.15) is 0 Å². The third-order valence-electron chi connectivity index (χ3n) is 4.51. The summed E-state index contributed by atoms with van der Waals surface area (Å²) in [4.78, 5) is 21.1. The summed E-state index contributed by atoms with van der Waals surface area (Å²) in [6.45, 7) is 8.09. The molecule has 6 nitrogen and oxygen atoms in total. The highest BCUT2D eigenvalue weighted by molar-refractivity contribution is 5.89. The van der Waals surface area contributed by atoms with E-state index in [0.717, 1.165) is 34.4 Å². The number of pyridine rings is 1. The molecule has 0 aliphatic carbocycles. The van der Waals surface area contributed by atoms with Gasteiger partial charge in [-0.25, -0.2) is 14.5 Å². The molecule has 3 aromatic rings. The van der Waals surface area contributed by atoms with E-state index >= 15 is 0 Å². The van der Waals surface area contributed by atoms with Gasteiger partial charge in [-0.3, -0.25) is 4.79 Å². The minimum absolute atomic E-state index is 0.0792. The number of carbonyl (C=O) groups excluding carboxylic acids is 1. The highest BCUT2D eigenvalue weighted by atomic mass is 16.1. The molecule has 126 valence electrons. The molecule has 0 fully saturated rings. The Morgan fingerprint density at radius 1 is 1.38 bits per heavy atom. The molecule has 1 N–H and O–H groups in total. The molecule has 1 amide bonds. The normalized spacial score (nSPS) is 12.7. The van der Waals surface area contributed by atoms with Gasteiger partial charge in [0.25, 0.3) is 0 Å². The molecule has 0 bridgehead atoms. The van der Waals surface area contributed by atoms with Crippen LogP contribution in [0.4, 0.5) is 0 Å². The Labute approximate surface area is 141 Å². The molecule has 0 aromatic carbocycles. The summed E-state index contributed by atoms with van der Waals surface area (Å²) in [6.07, 6.45) is 3.78. The van der Waals surface area contributed by atoms with Crippen molar-refractivity contribution >= 4 is 22.6 Å². The average Bonchev–Trinajstić information content (AvgIpc) is 2.93. The minimum Gasteiger partial charge on any atom is -0.354 e. The minimum atomic E-state index is 0.0792. The molecule has 3 heterocycles. The van der Waals surface area contributed by atoms with Crippen molar-refractivity contribution in [2.45, 2.75) is 53.0 Å². The van der Waals surface area contributed by atoms with Crippen molar-refractivity contribution in [3.8, 4) is 0 Å². The Balaban J connectivity index is 1.91. The smallest absolute Gasteiger partial charge is 0.220 e. The Morgan fingerprint density at radius 2 is 2.17 bits per heavy atom. The van der Waals surface area contributed by atoms with E-state index in [1.165, 1.54) is 0 Å². The summed E-state index contributed by atoms with van der Waals surface area (Å²) in [7, 11) is 0. The van der Waals surface area contributed by atoms with Crippen LogP contribution < -0.4 is 5.32 Å². The number of nitrogens with zero attached hydrogens (tertiary/aromatic N) is 4. The van der Waals surface area contributed by atoms with Crippen LogP contribution in [0.15, 0.2) is 18.3 Å². The van der Waals surface area contributed by atoms with Gasteiger partial charge in [0.2, 0.25) is 5.91 Å². The molecule has 3 rings (SSSR count). The average molecular weight is 325 g/mol. The fourth-order valence-electron chi connectivity index (χ4n) is 2.91. The van der Waals surface area contributed by atoms with E-state index in [1.54, 1.807) is 6.20 Å². The van der Waals surface area contributed by atoms with Crippen LogP contribution in [0.25, 0.3) is 16.7 Å². The summed E-state index contributed by atoms with van der Waals surface area (Å²) in [5, 5.41) is 8.50. The number of carbonyl (C=O) groups is 1. The van der Waals surface area contributed by atoms with Crippen LogP contribution in [-0.4, -0.2) is 31.5 Å². The number of amides is 1. The van der Waals surface area contributed by atoms with Crippen LogP contribution in [0.3, 0.4) is 0 Å². The van der Waals surface area contributed by atoms with E-state index in [2.05, 4.69) is 22.3 Å². The summed E-state index contributed by atoms with van der Waals surface area (Å²) < 4.78 is 1.84. The first-order valence-electron chi connectivity index (χ1n) is 8.40. The van der Waals surface area contributed by atoms with Gasteiger partial charge in [-0.2, -0.15) is 0 Å². The summed E-state index contributed by atoms with van der Waals surface area (Å²) in [5.41, 5.74) is 4.56. The molecule has 0 spiro atoms. The molecule has 0 aliphatic heterocycles. The molecule has 0 radical (unpaired) electrons. The fraction of sp³-hybridized carbons (Fsp3) is 0.444. The zero-order valence-electron chi connectivity index (χ0n) is 14.6. The zero-order valence-corrected chi connectivity index (χ0v) is 14.6. The zero-order chi connectivity index (χ0) is 17.3. The maximum absolute atomic E-state index is 12.0. The maximum Gasteiger partial charge on any atom is 0.220 e. The topological polar surface area (TPSA) is 72.2 Å². The molecule has 1 unspecified atom stereocenters. The molecule has 0 aliphatic rings. The quantitative estimate of drug-likeness (QED) is 0.783. The van der Waals surface area contributed by atoms with Crippen LogP contribution in [0.1, 0.15) is 43.6 Å². The number of nitrogens with one attached hydrogen (secondary N) is 1. The first-order chi connectivity index (χ1) is 11.5. The van der Waals surface area contributed by atoms with Crippen LogP contribution in [0, 0.1) is 13.8 Å². The molecule has 0 saturated heterocycles. The number of hydrogen-bond donors (Lipinski definition) is 1. The van der Waals surface area contributed by atoms with Crippen molar-refractivity contribution in [2.75, 3.05) is 0 Å². The number of rotatable bonds is 5. The highest BCUT2D eigenvalue weighted by Gasteiger charge is 2.15. The second-order valence-corrected chi connectivity index (χ2v) is 6.25. The van der Waals surface area contributed by atoms with Crippen molar-refractivity contribution in [1.29, 1.82) is 0 Å². The largest absolute Gasteiger partial charge is 0.354 e. The van der Waals surface area contributed by atoms with Gasteiger partial charge in [-0.15, -0.1) is 5.10 Å². The SMILES string of the molecule is CCC(C)NC(=O)CCc1c(C)nc2c3cccnc3nn2c1C. The van der Waals surface area contributed by atoms with Gasteiger partial charge >= 0.3 is 0 Å². The fourth-order valence-corrected chi connectivity index (χ4v) is 2.91. The van der Waals surface area contributed by atoms with Gasteiger partial charge in [0.05, 0.1) is 5.39 Å². The third kappa shape index (κ3) is 2.96. The predicted molar refractivity (Wildman–Crippen MR) is 94.0 cm³/mol. The van der Waals surface area contributed by atoms with Crippen LogP contribution in [-0.2, 0) is 11.2 Å². The van der Waals surface area contributed by atoms with Crippen LogP contribution >= 0.6 is 0 Å². The number of aromatic nitrogens is 4. The predicted octanol–water partition coefficient (Wildman–Crippen LogP) is 2.74. The highest BCUT2D eigenvalue weighted by Crippen LogP contribution is 2.21. The molecule has 0 saturated carbocycles. The second-order valence-electron chi connectivity index (χ2n) is 6.25. The van der Waals surface area contributed by atoms with E-state index in [1.807, 2.05) is 37.4 Å². The lowest BCUT2D eigenvalue weighted by Gasteiger charge is -2.13. The van der Waals surface area contributed by atoms with Crippen LogP contribution in [0.5, 0.6) is 0 Å². The Morgan fingerprint density at radius 3 is 2.92 bits per heavy atom. The summed E-state index contributed by atoms with van der Waals surface area (Å²) in [5.74, 6) is 0.0792. The lowest BCUT2D eigenvalue weighted by atomic mass is 10.1. The van der Waals surface area contributed by atoms with E-state index in [9.17, 15) is 4.79 Å². The Hall–Kier alpha value is -2.50. The molecule has 1 atom stereocenters. The number of aryl methyl sites for hydroxylation is 2. The lowest BCUT2D eigenvalue weighted by Crippen LogP contribution is -2.32. The van der Waals surface area contributed by atoms with Crippen molar-refractivity contribution in [3.63, 3.8) is 0 Å². The first-order valence-corrected chi connectivity index (χ1v) is 8.40. The summed E-state index contributed by atoms with van der Waals surface area (Å²) >= 11 is 0. The van der Waals surface area contributed by atoms with Crippen molar-refractivity contribution in [1.82, 2.24) is 24.9 Å². The second kappa shape index (κ2) is 6.55. The van der Waals surface area contributed by atoms with Gasteiger partial charge in [-0.05, 0) is 51.3 Å². The van der Waals surface area contributed by atoms with Gasteiger partial charge in [-0.1, -0.05) is 6.92 Å². The first kappa shape index (κ1) is 16.4. The molecule has 3 aromatic heterocycles. The van der Waals surface area contributed by atoms with Crippen molar-refractivity contribution in [3.05, 3.63) is 35.3 Å². The van der Waals surface area contributed by atoms with Crippen molar-refractivity contribution < 1.29 is 4.79 Å². The van der Waals surface area contributed by atoms with E-state index in [0.29, 0.717) is 18.5 Å². The molecule has 24 heavy (non-hydrogen) atoms. The molecular weight excluding hydrogens is 302 g/mol. The monoisotopic (exact) mass is 325 g/mol. The standard InChI is InChI=1S/C18H23N5O/c1-5-11(2)20-16(24)9-8-14-12(3)21-18-15-7-6-10-19-17(15)22-23(18)13(14)4/h6-7,10-11H,5,8-9H2,1-4H3,(H,20,24). The van der Waals surface area contributed by atoms with Gasteiger partial charge in [0, 0.05) is 30.0 Å². The third-order valence-corrected chi connectivity index (χ3v) is 4.51. The molecule has 6 heteroatoms. The van der Waals surface area contributed by atoms with Crippen LogP contribution in [0.2, 0.25) is 0 Å². The lowest BCUT2D eigenvalue weighted by molar-refractivity contribution is -0.121. The van der Waals surface area contributed by atoms with E-state index < -0.39 is 0 Å². The van der Waals surface area contributed by atoms with Crippen molar-refractivity contribution in [2.24, 2.45) is 0 Å². The molecular formula is C18H23N5O. The number of hydrogen-bond acceptors (Lipinski definition) is 4. The van der Waals surface area contributed by atoms with E-state index in [4.69, 9.17) is 4.98 Å². The summed E-state index contributed by atoms with van der Waals surface area (Å²) in [6, 6.07) is 4.09. The Kier molecular flexibility index (Phi) is 4.46. The van der Waals surface area contributed by atoms with E-state index in [-0.39, 0.29) is 11.9 Å². The van der Waals surface area contributed by atoms with Gasteiger partial charge in [0.15, 0.2) is 11.3 Å². The Bertz CT molecular complexity index is 899. The van der Waals surface area contributed by atoms with Gasteiger partial charge < -0.3 is 5.32 Å². The number of fused-ring (bicyclic) bond motifs is 3. The maximum atomic E-state index is 12.0.